The Balaban J connectivity index is 2.46. The third-order valence-electron chi connectivity index (χ3n) is 2.72. The first-order chi connectivity index (χ1) is 9.72. The number of hydrogen-bond acceptors (Lipinski definition) is 5. The molecule has 1 aromatic carbocycles. The van der Waals surface area contributed by atoms with E-state index in [0.29, 0.717) is 36.8 Å². The van der Waals surface area contributed by atoms with Crippen molar-refractivity contribution in [3.63, 3.8) is 0 Å². The SMILES string of the molecule is COCCNCCNC(=O)c1ccc(OC)cc1OC. The summed E-state index contributed by atoms with van der Waals surface area (Å²) in [5, 5.41) is 5.97. The molecule has 0 saturated carbocycles. The molecule has 112 valence electrons. The van der Waals surface area contributed by atoms with Crippen LogP contribution in [0.4, 0.5) is 0 Å². The lowest BCUT2D eigenvalue weighted by Crippen LogP contribution is -2.33. The van der Waals surface area contributed by atoms with E-state index in [0.717, 1.165) is 6.54 Å². The van der Waals surface area contributed by atoms with Gasteiger partial charge in [-0.25, -0.2) is 0 Å². The van der Waals surface area contributed by atoms with E-state index in [2.05, 4.69) is 10.6 Å². The lowest BCUT2D eigenvalue weighted by Gasteiger charge is -2.11. The summed E-state index contributed by atoms with van der Waals surface area (Å²) in [5.74, 6) is 0.979. The first-order valence-electron chi connectivity index (χ1n) is 6.42. The third kappa shape index (κ3) is 5.07. The molecule has 6 nitrogen and oxygen atoms in total. The van der Waals surface area contributed by atoms with Gasteiger partial charge < -0.3 is 24.8 Å². The molecule has 0 atom stereocenters. The molecule has 0 aromatic heterocycles. The molecule has 0 aliphatic carbocycles. The molecule has 0 aliphatic heterocycles. The molecule has 6 heteroatoms. The molecule has 20 heavy (non-hydrogen) atoms. The van der Waals surface area contributed by atoms with Crippen molar-refractivity contribution in [1.82, 2.24) is 10.6 Å². The summed E-state index contributed by atoms with van der Waals surface area (Å²) < 4.78 is 15.2. The lowest BCUT2D eigenvalue weighted by atomic mass is 10.1. The average molecular weight is 282 g/mol. The largest absolute Gasteiger partial charge is 0.497 e. The second kappa shape index (κ2) is 9.17. The Labute approximate surface area is 119 Å². The van der Waals surface area contributed by atoms with Crippen LogP contribution in [0.3, 0.4) is 0 Å². The van der Waals surface area contributed by atoms with Crippen LogP contribution < -0.4 is 20.1 Å². The van der Waals surface area contributed by atoms with Gasteiger partial charge in [-0.1, -0.05) is 0 Å². The van der Waals surface area contributed by atoms with Crippen molar-refractivity contribution in [3.05, 3.63) is 23.8 Å². The van der Waals surface area contributed by atoms with Gasteiger partial charge in [-0.15, -0.1) is 0 Å². The second-order valence-electron chi connectivity index (χ2n) is 4.06. The zero-order chi connectivity index (χ0) is 14.8. The van der Waals surface area contributed by atoms with Crippen LogP contribution in [0.25, 0.3) is 0 Å². The molecule has 0 radical (unpaired) electrons. The van der Waals surface area contributed by atoms with Crippen LogP contribution in [0.1, 0.15) is 10.4 Å². The normalized spacial score (nSPS) is 10.2. The number of amides is 1. The molecule has 1 aromatic rings. The molecule has 0 aliphatic rings. The summed E-state index contributed by atoms with van der Waals surface area (Å²) in [4.78, 5) is 12.0. The highest BCUT2D eigenvalue weighted by atomic mass is 16.5. The van der Waals surface area contributed by atoms with Crippen molar-refractivity contribution in [2.24, 2.45) is 0 Å². The number of carbonyl (C=O) groups is 1. The van der Waals surface area contributed by atoms with Gasteiger partial charge in [-0.05, 0) is 12.1 Å². The maximum atomic E-state index is 12.0. The molecular weight excluding hydrogens is 260 g/mol. The fourth-order valence-corrected chi connectivity index (χ4v) is 1.64. The summed E-state index contributed by atoms with van der Waals surface area (Å²) in [6.07, 6.45) is 0. The quantitative estimate of drug-likeness (QED) is 0.652. The Morgan fingerprint density at radius 3 is 2.55 bits per heavy atom. The molecular formula is C14H22N2O4. The Hall–Kier alpha value is -1.79. The Morgan fingerprint density at radius 1 is 1.10 bits per heavy atom. The van der Waals surface area contributed by atoms with Crippen molar-refractivity contribution in [2.75, 3.05) is 47.6 Å². The minimum atomic E-state index is -0.168. The van der Waals surface area contributed by atoms with Crippen molar-refractivity contribution in [2.45, 2.75) is 0 Å². The number of hydrogen-bond donors (Lipinski definition) is 2. The van der Waals surface area contributed by atoms with Crippen LogP contribution in [0.2, 0.25) is 0 Å². The highest BCUT2D eigenvalue weighted by molar-refractivity contribution is 5.97. The zero-order valence-corrected chi connectivity index (χ0v) is 12.2. The minimum absolute atomic E-state index is 0.168. The zero-order valence-electron chi connectivity index (χ0n) is 12.2. The predicted octanol–water partition coefficient (Wildman–Crippen LogP) is 0.670. The van der Waals surface area contributed by atoms with E-state index >= 15 is 0 Å². The summed E-state index contributed by atoms with van der Waals surface area (Å²) in [5.41, 5.74) is 0.491. The van der Waals surface area contributed by atoms with Gasteiger partial charge in [0.2, 0.25) is 0 Å². The molecule has 0 fully saturated rings. The highest BCUT2D eigenvalue weighted by Crippen LogP contribution is 2.24. The van der Waals surface area contributed by atoms with Crippen molar-refractivity contribution >= 4 is 5.91 Å². The summed E-state index contributed by atoms with van der Waals surface area (Å²) in [7, 11) is 4.75. The Bertz CT molecular complexity index is 424. The fourth-order valence-electron chi connectivity index (χ4n) is 1.64. The van der Waals surface area contributed by atoms with Gasteiger partial charge in [0.15, 0.2) is 0 Å². The molecule has 2 N–H and O–H groups in total. The number of methoxy groups -OCH3 is 3. The van der Waals surface area contributed by atoms with Gasteiger partial charge in [0.05, 0.1) is 26.4 Å². The maximum Gasteiger partial charge on any atom is 0.255 e. The van der Waals surface area contributed by atoms with E-state index < -0.39 is 0 Å². The van der Waals surface area contributed by atoms with Crippen LogP contribution in [-0.4, -0.2) is 53.5 Å². The van der Waals surface area contributed by atoms with Gasteiger partial charge in [-0.3, -0.25) is 4.79 Å². The molecule has 0 bridgehead atoms. The van der Waals surface area contributed by atoms with Gasteiger partial charge in [0.1, 0.15) is 11.5 Å². The van der Waals surface area contributed by atoms with E-state index in [1.54, 1.807) is 32.4 Å². The minimum Gasteiger partial charge on any atom is -0.497 e. The van der Waals surface area contributed by atoms with Crippen molar-refractivity contribution in [1.29, 1.82) is 0 Å². The van der Waals surface area contributed by atoms with Crippen LogP contribution in [0.5, 0.6) is 11.5 Å². The summed E-state index contributed by atoms with van der Waals surface area (Å²) in [6, 6.07) is 5.10. The fraction of sp³-hybridized carbons (Fsp3) is 0.500. The molecule has 1 rings (SSSR count). The van der Waals surface area contributed by atoms with E-state index in [1.165, 1.54) is 7.11 Å². The molecule has 1 amide bonds. The van der Waals surface area contributed by atoms with Gasteiger partial charge in [-0.2, -0.15) is 0 Å². The van der Waals surface area contributed by atoms with Crippen LogP contribution in [0.15, 0.2) is 18.2 Å². The van der Waals surface area contributed by atoms with E-state index in [4.69, 9.17) is 14.2 Å². The average Bonchev–Trinajstić information content (AvgIpc) is 2.49. The summed E-state index contributed by atoms with van der Waals surface area (Å²) >= 11 is 0. The maximum absolute atomic E-state index is 12.0. The molecule has 0 unspecified atom stereocenters. The highest BCUT2D eigenvalue weighted by Gasteiger charge is 2.12. The van der Waals surface area contributed by atoms with Gasteiger partial charge in [0, 0.05) is 32.8 Å². The molecule has 0 spiro atoms. The first kappa shape index (κ1) is 16.3. The molecule has 0 heterocycles. The number of ether oxygens (including phenoxy) is 3. The van der Waals surface area contributed by atoms with Crippen molar-refractivity contribution in [3.8, 4) is 11.5 Å². The second-order valence-corrected chi connectivity index (χ2v) is 4.06. The van der Waals surface area contributed by atoms with E-state index in [1.807, 2.05) is 0 Å². The monoisotopic (exact) mass is 282 g/mol. The Morgan fingerprint density at radius 2 is 1.90 bits per heavy atom. The standard InChI is InChI=1S/C14H22N2O4/c1-18-9-8-15-6-7-16-14(17)12-5-4-11(19-2)10-13(12)20-3/h4-5,10,15H,6-9H2,1-3H3,(H,16,17). The van der Waals surface area contributed by atoms with Crippen LogP contribution in [-0.2, 0) is 4.74 Å². The smallest absolute Gasteiger partial charge is 0.255 e. The van der Waals surface area contributed by atoms with Crippen LogP contribution >= 0.6 is 0 Å². The molecule has 0 saturated heterocycles. The Kier molecular flexibility index (Phi) is 7.46. The predicted molar refractivity (Wildman–Crippen MR) is 76.6 cm³/mol. The first-order valence-corrected chi connectivity index (χ1v) is 6.42. The van der Waals surface area contributed by atoms with Crippen molar-refractivity contribution < 1.29 is 19.0 Å². The number of carbonyl (C=O) groups excluding carboxylic acids is 1. The summed E-state index contributed by atoms with van der Waals surface area (Å²) in [6.45, 7) is 2.64. The third-order valence-corrected chi connectivity index (χ3v) is 2.72. The van der Waals surface area contributed by atoms with E-state index in [9.17, 15) is 4.79 Å². The van der Waals surface area contributed by atoms with E-state index in [-0.39, 0.29) is 5.91 Å². The lowest BCUT2D eigenvalue weighted by molar-refractivity contribution is 0.0950. The van der Waals surface area contributed by atoms with Gasteiger partial charge in [0.25, 0.3) is 5.91 Å². The number of nitrogens with one attached hydrogen (secondary N) is 2. The number of rotatable bonds is 9. The number of benzene rings is 1. The van der Waals surface area contributed by atoms with Crippen LogP contribution in [0, 0.1) is 0 Å². The van der Waals surface area contributed by atoms with Gasteiger partial charge >= 0.3 is 0 Å². The topological polar surface area (TPSA) is 68.8 Å².